The lowest BCUT2D eigenvalue weighted by atomic mass is 10.0. The molecule has 37 heavy (non-hydrogen) atoms. The topological polar surface area (TPSA) is 18.7 Å². The van der Waals surface area contributed by atoms with Crippen LogP contribution < -0.4 is 9.80 Å². The Balaban J connectivity index is 1.66. The van der Waals surface area contributed by atoms with Gasteiger partial charge in [-0.1, -0.05) is 11.8 Å². The molecule has 1 aliphatic heterocycles. The second-order valence-electron chi connectivity index (χ2n) is 9.40. The van der Waals surface area contributed by atoms with E-state index in [-0.39, 0.29) is 0 Å². The van der Waals surface area contributed by atoms with Crippen LogP contribution in [-0.2, 0) is 4.74 Å². The number of hydrogen-bond acceptors (Lipinski definition) is 3. The first kappa shape index (κ1) is 25.4. The first-order chi connectivity index (χ1) is 17.8. The summed E-state index contributed by atoms with van der Waals surface area (Å²) in [5, 5.41) is 0. The first-order valence-corrected chi connectivity index (χ1v) is 12.1. The molecule has 184 valence electrons. The Hall–Kier alpha value is -4.67. The third-order valence-corrected chi connectivity index (χ3v) is 5.99. The predicted molar refractivity (Wildman–Crippen MR) is 156 cm³/mol. The van der Waals surface area contributed by atoms with Crippen LogP contribution in [0.5, 0.6) is 0 Å². The average Bonchev–Trinajstić information content (AvgIpc) is 2.91. The summed E-state index contributed by atoms with van der Waals surface area (Å²) in [6, 6.07) is 16.4. The number of hydrogen-bond donors (Lipinski definition) is 0. The zero-order chi connectivity index (χ0) is 26.4. The minimum Gasteiger partial charge on any atom is -0.456 e. The van der Waals surface area contributed by atoms with Gasteiger partial charge in [0.25, 0.3) is 0 Å². The number of allylic oxidation sites excluding steroid dienone is 8. The van der Waals surface area contributed by atoms with Gasteiger partial charge in [-0.3, -0.25) is 0 Å². The van der Waals surface area contributed by atoms with Crippen LogP contribution >= 0.6 is 0 Å². The van der Waals surface area contributed by atoms with E-state index in [4.69, 9.17) is 4.74 Å². The molecule has 2 aromatic carbocycles. The van der Waals surface area contributed by atoms with Crippen molar-refractivity contribution in [1.29, 1.82) is 0 Å². The SMILES string of the molecule is CN(C)c1ccc(C#CC#CC2=CC(=C3C=CC(=[N+](C)C)C=C3)OC(c3ccc(N(C)C)cc3)=C2)cc1. The van der Waals surface area contributed by atoms with E-state index < -0.39 is 0 Å². The smallest absolute Gasteiger partial charge is 0.199 e. The van der Waals surface area contributed by atoms with E-state index in [1.165, 1.54) is 0 Å². The Labute approximate surface area is 220 Å². The fourth-order valence-electron chi connectivity index (χ4n) is 3.76. The number of rotatable bonds is 3. The molecule has 2 aliphatic rings. The second kappa shape index (κ2) is 11.4. The number of anilines is 2. The summed E-state index contributed by atoms with van der Waals surface area (Å²) >= 11 is 0. The number of ether oxygens (including phenoxy) is 1. The van der Waals surface area contributed by atoms with Gasteiger partial charge in [-0.15, -0.1) is 0 Å². The lowest BCUT2D eigenvalue weighted by molar-refractivity contribution is -0.462. The van der Waals surface area contributed by atoms with Crippen LogP contribution in [0.25, 0.3) is 5.76 Å². The molecule has 2 aromatic rings. The van der Waals surface area contributed by atoms with Gasteiger partial charge >= 0.3 is 0 Å². The predicted octanol–water partition coefficient (Wildman–Crippen LogP) is 5.26. The lowest BCUT2D eigenvalue weighted by Gasteiger charge is -2.19. The number of benzene rings is 2. The van der Waals surface area contributed by atoms with Crippen molar-refractivity contribution in [3.8, 4) is 23.7 Å². The molecule has 0 atom stereocenters. The lowest BCUT2D eigenvalue weighted by Crippen LogP contribution is -2.10. The van der Waals surface area contributed by atoms with Crippen molar-refractivity contribution in [3.63, 3.8) is 0 Å². The molecule has 0 saturated heterocycles. The summed E-state index contributed by atoms with van der Waals surface area (Å²) in [5.41, 5.74) is 7.18. The minimum absolute atomic E-state index is 0.760. The molecule has 4 rings (SSSR count). The molecule has 0 spiro atoms. The van der Waals surface area contributed by atoms with Gasteiger partial charge in [-0.05, 0) is 84.7 Å². The van der Waals surface area contributed by atoms with Crippen LogP contribution in [0.1, 0.15) is 11.1 Å². The Morgan fingerprint density at radius 3 is 1.81 bits per heavy atom. The molecule has 1 aliphatic carbocycles. The maximum absolute atomic E-state index is 6.36. The van der Waals surface area contributed by atoms with Gasteiger partial charge in [0, 0.05) is 74.0 Å². The monoisotopic (exact) mass is 486 g/mol. The van der Waals surface area contributed by atoms with E-state index in [2.05, 4.69) is 98.8 Å². The summed E-state index contributed by atoms with van der Waals surface area (Å²) in [4.78, 5) is 4.14. The van der Waals surface area contributed by atoms with Crippen LogP contribution in [0.15, 0.2) is 102 Å². The highest BCUT2D eigenvalue weighted by atomic mass is 16.5. The minimum atomic E-state index is 0.760. The molecular formula is C33H32N3O+. The quantitative estimate of drug-likeness (QED) is 0.435. The second-order valence-corrected chi connectivity index (χ2v) is 9.40. The summed E-state index contributed by atoms with van der Waals surface area (Å²) < 4.78 is 8.44. The molecule has 0 saturated carbocycles. The van der Waals surface area contributed by atoms with Crippen molar-refractivity contribution in [1.82, 2.24) is 0 Å². The van der Waals surface area contributed by atoms with Crippen LogP contribution in [0.4, 0.5) is 11.4 Å². The fourth-order valence-corrected chi connectivity index (χ4v) is 3.76. The molecule has 0 bridgehead atoms. The number of nitrogens with zero attached hydrogens (tertiary/aromatic N) is 3. The Morgan fingerprint density at radius 2 is 1.24 bits per heavy atom. The van der Waals surface area contributed by atoms with Gasteiger partial charge in [-0.25, -0.2) is 4.58 Å². The maximum atomic E-state index is 6.36. The van der Waals surface area contributed by atoms with Gasteiger partial charge < -0.3 is 14.5 Å². The Kier molecular flexibility index (Phi) is 7.82. The zero-order valence-electron chi connectivity index (χ0n) is 22.3. The highest BCUT2D eigenvalue weighted by Crippen LogP contribution is 2.30. The maximum Gasteiger partial charge on any atom is 0.199 e. The molecule has 0 aromatic heterocycles. The van der Waals surface area contributed by atoms with Gasteiger partial charge in [-0.2, -0.15) is 0 Å². The molecule has 0 amide bonds. The van der Waals surface area contributed by atoms with Crippen LogP contribution in [0, 0.1) is 23.7 Å². The van der Waals surface area contributed by atoms with E-state index in [9.17, 15) is 0 Å². The van der Waals surface area contributed by atoms with Crippen molar-refractivity contribution in [3.05, 3.63) is 113 Å². The van der Waals surface area contributed by atoms with E-state index >= 15 is 0 Å². The molecule has 1 heterocycles. The molecule has 4 heteroatoms. The molecule has 0 fully saturated rings. The normalized spacial score (nSPS) is 13.9. The summed E-state index contributed by atoms with van der Waals surface area (Å²) in [6.07, 6.45) is 12.3. The average molecular weight is 487 g/mol. The first-order valence-electron chi connectivity index (χ1n) is 12.1. The van der Waals surface area contributed by atoms with Crippen molar-refractivity contribution < 1.29 is 9.31 Å². The molecular weight excluding hydrogens is 454 g/mol. The molecule has 0 N–H and O–H groups in total. The van der Waals surface area contributed by atoms with E-state index in [1.807, 2.05) is 66.6 Å². The fraction of sp³-hybridized carbons (Fsp3) is 0.182. The highest BCUT2D eigenvalue weighted by molar-refractivity contribution is 6.02. The van der Waals surface area contributed by atoms with Crippen LogP contribution in [-0.4, -0.2) is 52.6 Å². The van der Waals surface area contributed by atoms with Gasteiger partial charge in [0.15, 0.2) is 5.71 Å². The van der Waals surface area contributed by atoms with Crippen LogP contribution in [0.3, 0.4) is 0 Å². The van der Waals surface area contributed by atoms with Crippen LogP contribution in [0.2, 0.25) is 0 Å². The third-order valence-electron chi connectivity index (χ3n) is 5.99. The summed E-state index contributed by atoms with van der Waals surface area (Å²) in [6.45, 7) is 0. The standard InChI is InChI=1S/C33H32N3O/c1-34(2)29-17-11-25(12-18-29)9-7-8-10-26-23-32(27-13-19-30(20-14-27)35(3)4)37-33(24-26)28-15-21-31(22-16-28)36(5)6/h11-24H,1-6H3/q+1. The molecule has 0 radical (unpaired) electrons. The van der Waals surface area contributed by atoms with Crippen molar-refractivity contribution in [2.45, 2.75) is 0 Å². The van der Waals surface area contributed by atoms with Gasteiger partial charge in [0.1, 0.15) is 25.6 Å². The van der Waals surface area contributed by atoms with E-state index in [0.717, 1.165) is 50.9 Å². The van der Waals surface area contributed by atoms with Crippen molar-refractivity contribution in [2.75, 3.05) is 52.1 Å². The van der Waals surface area contributed by atoms with E-state index in [0.29, 0.717) is 0 Å². The van der Waals surface area contributed by atoms with Crippen molar-refractivity contribution in [2.24, 2.45) is 0 Å². The summed E-state index contributed by atoms with van der Waals surface area (Å²) in [5.74, 6) is 13.9. The molecule has 4 nitrogen and oxygen atoms in total. The zero-order valence-corrected chi connectivity index (χ0v) is 22.3. The van der Waals surface area contributed by atoms with Crippen molar-refractivity contribution >= 4 is 22.8 Å². The molecule has 0 unspecified atom stereocenters. The third kappa shape index (κ3) is 6.51. The van der Waals surface area contributed by atoms with Gasteiger partial charge in [0.05, 0.1) is 0 Å². The summed E-state index contributed by atoms with van der Waals surface area (Å²) in [7, 11) is 12.2. The highest BCUT2D eigenvalue weighted by Gasteiger charge is 2.16. The Morgan fingerprint density at radius 1 is 0.676 bits per heavy atom. The largest absolute Gasteiger partial charge is 0.456 e. The van der Waals surface area contributed by atoms with Gasteiger partial charge in [0.2, 0.25) is 0 Å². The Bertz CT molecular complexity index is 1460. The van der Waals surface area contributed by atoms with E-state index in [1.54, 1.807) is 0 Å².